The van der Waals surface area contributed by atoms with Crippen molar-refractivity contribution in [3.05, 3.63) is 29.8 Å². The number of nitrogens with one attached hydrogen (secondary N) is 1. The number of carbonyl (C=O) groups is 1. The molecule has 0 bridgehead atoms. The Morgan fingerprint density at radius 1 is 1.32 bits per heavy atom. The van der Waals surface area contributed by atoms with Gasteiger partial charge in [0.25, 0.3) is 5.91 Å². The van der Waals surface area contributed by atoms with E-state index in [1.807, 2.05) is 36.1 Å². The number of para-hydroxylation sites is 1. The topological polar surface area (TPSA) is 41.6 Å². The first-order chi connectivity index (χ1) is 9.11. The van der Waals surface area contributed by atoms with Gasteiger partial charge in [0, 0.05) is 25.2 Å². The Balaban J connectivity index is 2.19. The summed E-state index contributed by atoms with van der Waals surface area (Å²) in [5, 5.41) is 3.43. The van der Waals surface area contributed by atoms with Gasteiger partial charge in [0.1, 0.15) is 5.75 Å². The van der Waals surface area contributed by atoms with E-state index in [-0.39, 0.29) is 5.91 Å². The number of amides is 1. The Morgan fingerprint density at radius 2 is 1.95 bits per heavy atom. The minimum atomic E-state index is 0.0595. The van der Waals surface area contributed by atoms with E-state index in [9.17, 15) is 4.79 Å². The molecule has 1 N–H and O–H groups in total. The van der Waals surface area contributed by atoms with Crippen molar-refractivity contribution in [2.75, 3.05) is 19.7 Å². The molecule has 0 spiro atoms. The molecule has 0 radical (unpaired) electrons. The second-order valence-electron chi connectivity index (χ2n) is 5.11. The molecule has 1 amide bonds. The smallest absolute Gasteiger partial charge is 0.257 e. The standard InChI is InChI=1S/C15H22N2O2/c1-4-19-14-8-6-5-7-13(14)15(18)17-9-11(2)16-12(3)10-17/h5-8,11-12,16H,4,9-10H2,1-3H3. The van der Waals surface area contributed by atoms with Crippen LogP contribution in [-0.2, 0) is 0 Å². The number of carbonyl (C=O) groups excluding carboxylic acids is 1. The molecule has 1 fully saturated rings. The van der Waals surface area contributed by atoms with Crippen LogP contribution in [0.3, 0.4) is 0 Å². The maximum absolute atomic E-state index is 12.6. The lowest BCUT2D eigenvalue weighted by molar-refractivity contribution is 0.0669. The summed E-state index contributed by atoms with van der Waals surface area (Å²) in [5.74, 6) is 0.734. The number of hydrogen-bond donors (Lipinski definition) is 1. The molecule has 1 saturated heterocycles. The number of benzene rings is 1. The Labute approximate surface area is 114 Å². The summed E-state index contributed by atoms with van der Waals surface area (Å²) in [6, 6.07) is 8.12. The largest absolute Gasteiger partial charge is 0.493 e. The van der Waals surface area contributed by atoms with E-state index < -0.39 is 0 Å². The van der Waals surface area contributed by atoms with E-state index in [0.717, 1.165) is 13.1 Å². The van der Waals surface area contributed by atoms with Crippen LogP contribution in [0.25, 0.3) is 0 Å². The molecule has 1 heterocycles. The van der Waals surface area contributed by atoms with Crippen molar-refractivity contribution in [2.24, 2.45) is 0 Å². The van der Waals surface area contributed by atoms with Crippen molar-refractivity contribution in [3.63, 3.8) is 0 Å². The first-order valence-corrected chi connectivity index (χ1v) is 6.89. The quantitative estimate of drug-likeness (QED) is 0.904. The first-order valence-electron chi connectivity index (χ1n) is 6.89. The van der Waals surface area contributed by atoms with Crippen molar-refractivity contribution in [1.82, 2.24) is 10.2 Å². The fourth-order valence-corrected chi connectivity index (χ4v) is 2.59. The van der Waals surface area contributed by atoms with E-state index in [1.54, 1.807) is 0 Å². The Kier molecular flexibility index (Phi) is 4.43. The highest BCUT2D eigenvalue weighted by molar-refractivity contribution is 5.97. The molecule has 2 rings (SSSR count). The van der Waals surface area contributed by atoms with Gasteiger partial charge in [-0.05, 0) is 32.9 Å². The van der Waals surface area contributed by atoms with Gasteiger partial charge in [-0.15, -0.1) is 0 Å². The van der Waals surface area contributed by atoms with Crippen LogP contribution in [0.5, 0.6) is 5.75 Å². The maximum Gasteiger partial charge on any atom is 0.257 e. The zero-order chi connectivity index (χ0) is 13.8. The minimum Gasteiger partial charge on any atom is -0.493 e. The van der Waals surface area contributed by atoms with Crippen LogP contribution in [-0.4, -0.2) is 42.6 Å². The van der Waals surface area contributed by atoms with E-state index in [2.05, 4.69) is 19.2 Å². The molecule has 1 aliphatic rings. The van der Waals surface area contributed by atoms with Gasteiger partial charge >= 0.3 is 0 Å². The molecule has 0 aromatic heterocycles. The second kappa shape index (κ2) is 6.06. The zero-order valence-corrected chi connectivity index (χ0v) is 11.8. The first kappa shape index (κ1) is 13.9. The molecule has 1 aromatic rings. The van der Waals surface area contributed by atoms with Crippen LogP contribution in [0, 0.1) is 0 Å². The average molecular weight is 262 g/mol. The van der Waals surface area contributed by atoms with Crippen LogP contribution >= 0.6 is 0 Å². The zero-order valence-electron chi connectivity index (χ0n) is 11.8. The lowest BCUT2D eigenvalue weighted by Gasteiger charge is -2.36. The van der Waals surface area contributed by atoms with Crippen molar-refractivity contribution < 1.29 is 9.53 Å². The fourth-order valence-electron chi connectivity index (χ4n) is 2.59. The monoisotopic (exact) mass is 262 g/mol. The lowest BCUT2D eigenvalue weighted by Crippen LogP contribution is -2.55. The normalized spacial score (nSPS) is 23.2. The van der Waals surface area contributed by atoms with Gasteiger partial charge in [-0.2, -0.15) is 0 Å². The van der Waals surface area contributed by atoms with E-state index in [0.29, 0.717) is 30.0 Å². The summed E-state index contributed by atoms with van der Waals surface area (Å²) >= 11 is 0. The summed E-state index contributed by atoms with van der Waals surface area (Å²) in [5.41, 5.74) is 0.658. The number of hydrogen-bond acceptors (Lipinski definition) is 3. The molecule has 0 aliphatic carbocycles. The fraction of sp³-hybridized carbons (Fsp3) is 0.533. The van der Waals surface area contributed by atoms with Gasteiger partial charge in [-0.3, -0.25) is 4.79 Å². The van der Waals surface area contributed by atoms with Gasteiger partial charge in [0.2, 0.25) is 0 Å². The van der Waals surface area contributed by atoms with Crippen LogP contribution in [0.2, 0.25) is 0 Å². The Hall–Kier alpha value is -1.55. The van der Waals surface area contributed by atoms with Gasteiger partial charge in [0.15, 0.2) is 0 Å². The summed E-state index contributed by atoms with van der Waals surface area (Å²) in [7, 11) is 0. The number of piperazine rings is 1. The molecule has 2 atom stereocenters. The maximum atomic E-state index is 12.6. The molecule has 4 heteroatoms. The third-order valence-electron chi connectivity index (χ3n) is 3.26. The van der Waals surface area contributed by atoms with Crippen LogP contribution in [0.15, 0.2) is 24.3 Å². The molecule has 1 aromatic carbocycles. The van der Waals surface area contributed by atoms with Gasteiger partial charge in [0.05, 0.1) is 12.2 Å². The Morgan fingerprint density at radius 3 is 2.58 bits per heavy atom. The number of rotatable bonds is 3. The number of ether oxygens (including phenoxy) is 1. The molecule has 2 unspecified atom stereocenters. The molecular weight excluding hydrogens is 240 g/mol. The Bertz CT molecular complexity index is 438. The molecular formula is C15H22N2O2. The molecule has 0 saturated carbocycles. The van der Waals surface area contributed by atoms with Crippen molar-refractivity contribution in [2.45, 2.75) is 32.9 Å². The SMILES string of the molecule is CCOc1ccccc1C(=O)N1CC(C)NC(C)C1. The second-order valence-corrected chi connectivity index (χ2v) is 5.11. The number of nitrogens with zero attached hydrogens (tertiary/aromatic N) is 1. The molecule has 104 valence electrons. The van der Waals surface area contributed by atoms with E-state index in [1.165, 1.54) is 0 Å². The summed E-state index contributed by atoms with van der Waals surface area (Å²) in [6.45, 7) is 8.18. The van der Waals surface area contributed by atoms with Crippen molar-refractivity contribution in [3.8, 4) is 5.75 Å². The van der Waals surface area contributed by atoms with Crippen molar-refractivity contribution >= 4 is 5.91 Å². The van der Waals surface area contributed by atoms with E-state index in [4.69, 9.17) is 4.74 Å². The molecule has 1 aliphatic heterocycles. The highest BCUT2D eigenvalue weighted by Gasteiger charge is 2.26. The molecule has 19 heavy (non-hydrogen) atoms. The summed E-state index contributed by atoms with van der Waals surface area (Å²) < 4.78 is 5.54. The summed E-state index contributed by atoms with van der Waals surface area (Å²) in [6.07, 6.45) is 0. The van der Waals surface area contributed by atoms with Gasteiger partial charge in [-0.25, -0.2) is 0 Å². The molecule has 4 nitrogen and oxygen atoms in total. The minimum absolute atomic E-state index is 0.0595. The third-order valence-corrected chi connectivity index (χ3v) is 3.26. The van der Waals surface area contributed by atoms with Crippen LogP contribution in [0.4, 0.5) is 0 Å². The highest BCUT2D eigenvalue weighted by atomic mass is 16.5. The third kappa shape index (κ3) is 3.26. The highest BCUT2D eigenvalue weighted by Crippen LogP contribution is 2.21. The van der Waals surface area contributed by atoms with Gasteiger partial charge < -0.3 is 15.0 Å². The van der Waals surface area contributed by atoms with Gasteiger partial charge in [-0.1, -0.05) is 12.1 Å². The average Bonchev–Trinajstić information content (AvgIpc) is 2.38. The lowest BCUT2D eigenvalue weighted by atomic mass is 10.1. The predicted molar refractivity (Wildman–Crippen MR) is 75.6 cm³/mol. The summed E-state index contributed by atoms with van der Waals surface area (Å²) in [4.78, 5) is 14.5. The predicted octanol–water partition coefficient (Wildman–Crippen LogP) is 1.91. The van der Waals surface area contributed by atoms with E-state index >= 15 is 0 Å². The van der Waals surface area contributed by atoms with Crippen molar-refractivity contribution in [1.29, 1.82) is 0 Å². The van der Waals surface area contributed by atoms with Crippen LogP contribution in [0.1, 0.15) is 31.1 Å². The van der Waals surface area contributed by atoms with Crippen LogP contribution < -0.4 is 10.1 Å².